The minimum absolute atomic E-state index is 0.416. The molecular formula is C20H21NO. The first-order valence-corrected chi connectivity index (χ1v) is 8.01. The van der Waals surface area contributed by atoms with Gasteiger partial charge in [0.25, 0.3) is 0 Å². The molecule has 0 saturated carbocycles. The van der Waals surface area contributed by atoms with Gasteiger partial charge < -0.3 is 5.11 Å². The number of β-amino-alcohol motifs (C(OH)–C–C–N with tert-alkyl or cyclic N) is 1. The van der Waals surface area contributed by atoms with Crippen molar-refractivity contribution in [2.45, 2.75) is 32.5 Å². The lowest BCUT2D eigenvalue weighted by atomic mass is 9.86. The highest BCUT2D eigenvalue weighted by atomic mass is 16.3. The fourth-order valence-electron chi connectivity index (χ4n) is 3.77. The van der Waals surface area contributed by atoms with Gasteiger partial charge in [-0.05, 0) is 46.5 Å². The number of nitrogens with zero attached hydrogens (tertiary/aromatic N) is 1. The van der Waals surface area contributed by atoms with Crippen LogP contribution in [0.1, 0.15) is 31.1 Å². The number of hydrogen-bond donors (Lipinski definition) is 1. The Labute approximate surface area is 131 Å². The minimum atomic E-state index is -0.416. The Morgan fingerprint density at radius 3 is 2.09 bits per heavy atom. The summed E-state index contributed by atoms with van der Waals surface area (Å²) in [5, 5.41) is 15.8. The molecule has 0 amide bonds. The van der Waals surface area contributed by atoms with E-state index in [1.807, 2.05) is 0 Å². The third-order valence-corrected chi connectivity index (χ3v) is 4.92. The molecule has 0 radical (unpaired) electrons. The first-order chi connectivity index (χ1) is 10.7. The van der Waals surface area contributed by atoms with Crippen LogP contribution in [0.5, 0.6) is 0 Å². The average molecular weight is 291 g/mol. The maximum Gasteiger partial charge on any atom is 0.0926 e. The number of aliphatic hydroxyl groups excluding tert-OH is 1. The number of fused-ring (bicyclic) bond motifs is 6. The summed E-state index contributed by atoms with van der Waals surface area (Å²) in [6.45, 7) is 6.02. The Morgan fingerprint density at radius 1 is 0.909 bits per heavy atom. The summed E-state index contributed by atoms with van der Waals surface area (Å²) in [4.78, 5) is 2.36. The zero-order chi connectivity index (χ0) is 15.3. The van der Waals surface area contributed by atoms with Gasteiger partial charge in [-0.15, -0.1) is 0 Å². The monoisotopic (exact) mass is 291 g/mol. The second-order valence-corrected chi connectivity index (χ2v) is 6.52. The summed E-state index contributed by atoms with van der Waals surface area (Å²) >= 11 is 0. The first kappa shape index (κ1) is 13.7. The van der Waals surface area contributed by atoms with E-state index in [-0.39, 0.29) is 0 Å². The Morgan fingerprint density at radius 2 is 1.45 bits per heavy atom. The van der Waals surface area contributed by atoms with Crippen molar-refractivity contribution < 1.29 is 5.11 Å². The number of benzene rings is 3. The summed E-state index contributed by atoms with van der Waals surface area (Å²) < 4.78 is 0. The summed E-state index contributed by atoms with van der Waals surface area (Å²) in [5.74, 6) is 0. The Hall–Kier alpha value is -1.90. The molecule has 0 saturated heterocycles. The normalized spacial score (nSPS) is 19.0. The quantitative estimate of drug-likeness (QED) is 0.677. The molecule has 1 aliphatic rings. The second-order valence-electron chi connectivity index (χ2n) is 6.52. The number of hydrogen-bond acceptors (Lipinski definition) is 2. The molecule has 1 atom stereocenters. The van der Waals surface area contributed by atoms with Crippen molar-refractivity contribution in [3.63, 3.8) is 0 Å². The van der Waals surface area contributed by atoms with Gasteiger partial charge >= 0.3 is 0 Å². The molecule has 0 spiro atoms. The molecule has 1 aliphatic heterocycles. The van der Waals surface area contributed by atoms with Crippen LogP contribution >= 0.6 is 0 Å². The molecule has 22 heavy (non-hydrogen) atoms. The summed E-state index contributed by atoms with van der Waals surface area (Å²) in [6, 6.07) is 17.5. The van der Waals surface area contributed by atoms with Gasteiger partial charge in [-0.2, -0.15) is 0 Å². The molecule has 4 rings (SSSR count). The number of aliphatic hydroxyl groups is 1. The van der Waals surface area contributed by atoms with E-state index >= 15 is 0 Å². The van der Waals surface area contributed by atoms with Crippen LogP contribution in [0.4, 0.5) is 0 Å². The summed E-state index contributed by atoms with van der Waals surface area (Å²) in [6.07, 6.45) is -0.416. The lowest BCUT2D eigenvalue weighted by Crippen LogP contribution is -2.38. The zero-order valence-corrected chi connectivity index (χ0v) is 13.1. The first-order valence-electron chi connectivity index (χ1n) is 8.01. The van der Waals surface area contributed by atoms with Gasteiger partial charge in [-0.3, -0.25) is 4.90 Å². The van der Waals surface area contributed by atoms with Crippen LogP contribution in [0, 0.1) is 0 Å². The van der Waals surface area contributed by atoms with Gasteiger partial charge in [0.2, 0.25) is 0 Å². The van der Waals surface area contributed by atoms with Gasteiger partial charge in [0, 0.05) is 19.1 Å². The highest BCUT2D eigenvalue weighted by Gasteiger charge is 2.28. The van der Waals surface area contributed by atoms with Gasteiger partial charge in [0.05, 0.1) is 6.10 Å². The van der Waals surface area contributed by atoms with E-state index in [1.54, 1.807) is 0 Å². The van der Waals surface area contributed by atoms with Crippen molar-refractivity contribution in [3.8, 4) is 0 Å². The molecule has 0 aromatic heterocycles. The molecule has 1 N–H and O–H groups in total. The second kappa shape index (κ2) is 5.08. The van der Waals surface area contributed by atoms with Crippen molar-refractivity contribution >= 4 is 21.5 Å². The maximum atomic E-state index is 10.8. The molecule has 0 fully saturated rings. The zero-order valence-electron chi connectivity index (χ0n) is 13.1. The Kier molecular flexibility index (Phi) is 3.17. The molecule has 2 nitrogen and oxygen atoms in total. The van der Waals surface area contributed by atoms with Crippen LogP contribution in [0.25, 0.3) is 21.5 Å². The highest BCUT2D eigenvalue weighted by Crippen LogP contribution is 2.39. The van der Waals surface area contributed by atoms with Crippen molar-refractivity contribution in [2.75, 3.05) is 6.54 Å². The molecule has 3 aromatic carbocycles. The molecule has 112 valence electrons. The van der Waals surface area contributed by atoms with Crippen LogP contribution in [0.2, 0.25) is 0 Å². The lowest BCUT2D eigenvalue weighted by molar-refractivity contribution is 0.0762. The lowest BCUT2D eigenvalue weighted by Gasteiger charge is -2.36. The molecule has 0 aliphatic carbocycles. The van der Waals surface area contributed by atoms with E-state index in [0.717, 1.165) is 12.1 Å². The van der Waals surface area contributed by atoms with Crippen molar-refractivity contribution in [3.05, 3.63) is 59.7 Å². The minimum Gasteiger partial charge on any atom is -0.387 e. The van der Waals surface area contributed by atoms with E-state index in [1.165, 1.54) is 27.1 Å². The van der Waals surface area contributed by atoms with Gasteiger partial charge in [0.1, 0.15) is 0 Å². The van der Waals surface area contributed by atoms with Crippen LogP contribution in [-0.2, 0) is 6.54 Å². The smallest absolute Gasteiger partial charge is 0.0926 e. The highest BCUT2D eigenvalue weighted by molar-refractivity contribution is 6.11. The predicted octanol–water partition coefficient (Wildman–Crippen LogP) is 4.25. The third kappa shape index (κ3) is 1.95. The van der Waals surface area contributed by atoms with E-state index in [9.17, 15) is 5.11 Å². The predicted molar refractivity (Wildman–Crippen MR) is 92.0 cm³/mol. The maximum absolute atomic E-state index is 10.8. The molecule has 0 bridgehead atoms. The van der Waals surface area contributed by atoms with E-state index in [4.69, 9.17) is 0 Å². The van der Waals surface area contributed by atoms with Crippen molar-refractivity contribution in [2.24, 2.45) is 0 Å². The van der Waals surface area contributed by atoms with Crippen LogP contribution in [0.3, 0.4) is 0 Å². The Bertz CT molecular complexity index is 853. The van der Waals surface area contributed by atoms with E-state index in [2.05, 4.69) is 67.3 Å². The standard InChI is InChI=1S/C20H21NO/c1-13(2)21-11-18-16-9-4-3-7-14(16)15-8-5-6-10-17(15)20(18)19(22)12-21/h3-10,13,19,22H,11-12H2,1-2H3/t19-/m0/s1. The van der Waals surface area contributed by atoms with E-state index < -0.39 is 6.10 Å². The van der Waals surface area contributed by atoms with Gasteiger partial charge in [0.15, 0.2) is 0 Å². The molecule has 1 heterocycles. The largest absolute Gasteiger partial charge is 0.387 e. The molecule has 0 unspecified atom stereocenters. The van der Waals surface area contributed by atoms with Crippen LogP contribution < -0.4 is 0 Å². The average Bonchev–Trinajstić information content (AvgIpc) is 2.54. The summed E-state index contributed by atoms with van der Waals surface area (Å²) in [7, 11) is 0. The van der Waals surface area contributed by atoms with Crippen molar-refractivity contribution in [1.82, 2.24) is 4.90 Å². The fourth-order valence-corrected chi connectivity index (χ4v) is 3.77. The van der Waals surface area contributed by atoms with Crippen LogP contribution in [-0.4, -0.2) is 22.6 Å². The molecule has 2 heteroatoms. The number of rotatable bonds is 1. The van der Waals surface area contributed by atoms with Crippen molar-refractivity contribution in [1.29, 1.82) is 0 Å². The third-order valence-electron chi connectivity index (χ3n) is 4.92. The van der Waals surface area contributed by atoms with E-state index in [0.29, 0.717) is 12.6 Å². The van der Waals surface area contributed by atoms with Gasteiger partial charge in [-0.25, -0.2) is 0 Å². The Balaban J connectivity index is 2.11. The van der Waals surface area contributed by atoms with Crippen LogP contribution in [0.15, 0.2) is 48.5 Å². The topological polar surface area (TPSA) is 23.5 Å². The SMILES string of the molecule is CC(C)N1Cc2c(c3ccccc3c3ccccc23)[C@@H](O)C1. The fraction of sp³-hybridized carbons (Fsp3) is 0.300. The molecular weight excluding hydrogens is 270 g/mol. The summed E-state index contributed by atoms with van der Waals surface area (Å²) in [5.41, 5.74) is 2.42. The molecule has 3 aromatic rings. The van der Waals surface area contributed by atoms with Gasteiger partial charge in [-0.1, -0.05) is 48.5 Å².